The van der Waals surface area contributed by atoms with E-state index in [4.69, 9.17) is 9.79 Å². The zero-order valence-corrected chi connectivity index (χ0v) is 8.05. The van der Waals surface area contributed by atoms with Crippen molar-refractivity contribution in [3.05, 3.63) is 0 Å². The third kappa shape index (κ3) is 15.7. The molecule has 0 aliphatic rings. The van der Waals surface area contributed by atoms with Crippen LogP contribution in [0.2, 0.25) is 0 Å². The van der Waals surface area contributed by atoms with E-state index in [1.165, 1.54) is 0 Å². The molecule has 0 radical (unpaired) electrons. The van der Waals surface area contributed by atoms with Gasteiger partial charge in [0.05, 0.1) is 0 Å². The van der Waals surface area contributed by atoms with Crippen LogP contribution < -0.4 is 18.9 Å². The molecule has 0 amide bonds. The Balaban J connectivity index is -0.0000000417. The molecule has 0 aromatic heterocycles. The molecule has 4 nitrogen and oxygen atoms in total. The number of hydrogen-bond donors (Lipinski definition) is 2. The summed E-state index contributed by atoms with van der Waals surface area (Å²) < 4.78 is 13.0. The van der Waals surface area contributed by atoms with Crippen LogP contribution in [0.1, 0.15) is 1.43 Å². The summed E-state index contributed by atoms with van der Waals surface area (Å²) in [5.74, 6) is 0. The molecule has 8 heavy (non-hydrogen) atoms. The molecule has 0 heterocycles. The summed E-state index contributed by atoms with van der Waals surface area (Å²) in [6.45, 7) is 0. The molecule has 0 unspecified atom stereocenters. The molecule has 0 atom stereocenters. The molecule has 0 spiro atoms. The minimum atomic E-state index is -4.16. The van der Waals surface area contributed by atoms with Crippen molar-refractivity contribution in [2.45, 2.75) is 0 Å². The van der Waals surface area contributed by atoms with E-state index in [0.29, 0.717) is 0 Å². The predicted molar refractivity (Wildman–Crippen MR) is 28.3 cm³/mol. The molecule has 0 fully saturated rings. The van der Waals surface area contributed by atoms with Gasteiger partial charge >= 0.3 is 26.7 Å². The van der Waals surface area contributed by atoms with E-state index in [0.717, 1.165) is 23.0 Å². The Morgan fingerprint density at radius 1 is 1.62 bits per heavy atom. The molecule has 0 aromatic carbocycles. The minimum absolute atomic E-state index is 0. The van der Waals surface area contributed by atoms with Crippen molar-refractivity contribution >= 4 is 30.8 Å². The van der Waals surface area contributed by atoms with Crippen LogP contribution in [0.5, 0.6) is 0 Å². The molecule has 8 heteroatoms. The van der Waals surface area contributed by atoms with Crippen LogP contribution >= 0.6 is 30.8 Å². The van der Waals surface area contributed by atoms with Crippen molar-refractivity contribution in [1.82, 2.24) is 0 Å². The van der Waals surface area contributed by atoms with Gasteiger partial charge in [0.15, 0.2) is 0 Å². The molecule has 0 saturated heterocycles. The van der Waals surface area contributed by atoms with Crippen LogP contribution in [0.3, 0.4) is 0 Å². The first-order valence-electron chi connectivity index (χ1n) is 0.919. The third-order valence-corrected chi connectivity index (χ3v) is 1.81. The van der Waals surface area contributed by atoms with Gasteiger partial charge in [-0.3, -0.25) is 0 Å². The second kappa shape index (κ2) is 7.07. The Kier molecular flexibility index (Phi) is 14.6. The zero-order valence-electron chi connectivity index (χ0n) is 4.89. The van der Waals surface area contributed by atoms with Crippen molar-refractivity contribution in [3.8, 4) is 0 Å². The normalized spacial score (nSPS) is 8.88. The summed E-state index contributed by atoms with van der Waals surface area (Å²) in [7, 11) is -4.16. The summed E-state index contributed by atoms with van der Waals surface area (Å²) in [5.41, 5.74) is 0. The van der Waals surface area contributed by atoms with Gasteiger partial charge in [-0.1, -0.05) is 0 Å². The maximum Gasteiger partial charge on any atom is 1.00 e. The Bertz CT molecular complexity index is 84.6. The number of phosphoric acid groups is 1. The van der Waals surface area contributed by atoms with Crippen molar-refractivity contribution in [1.29, 1.82) is 0 Å². The molecule has 0 rings (SSSR count). The second-order valence-corrected chi connectivity index (χ2v) is 2.86. The first-order valence-corrected chi connectivity index (χ1v) is 3.33. The van der Waals surface area contributed by atoms with Crippen molar-refractivity contribution in [3.63, 3.8) is 0 Å². The molecular weight excluding hydrogens is 285 g/mol. The number of rotatable bonds is 1. The summed E-state index contributed by atoms with van der Waals surface area (Å²) >= 11 is 1.13. The van der Waals surface area contributed by atoms with E-state index in [1.54, 1.807) is 0 Å². The molecule has 0 aliphatic heterocycles. The van der Waals surface area contributed by atoms with Crippen LogP contribution in [0.25, 0.3) is 0 Å². The Morgan fingerprint density at radius 2 is 1.75 bits per heavy atom. The van der Waals surface area contributed by atoms with Gasteiger partial charge in [-0.2, -0.15) is 0 Å². The average molecular weight is 288 g/mol. The first kappa shape index (κ1) is 16.5. The standard InChI is InChI=1S/Fe.H2IO4P.Li.H/c;1-5-6(2,3)4;;/h;(H2,2,3,4);;/q;;+1;-1. The van der Waals surface area contributed by atoms with Gasteiger partial charge in [-0.25, -0.2) is 7.42 Å². The first-order chi connectivity index (χ1) is 2.56. The Hall–Kier alpha value is 1.96. The molecule has 0 saturated carbocycles. The van der Waals surface area contributed by atoms with Crippen LogP contribution in [0.4, 0.5) is 0 Å². The van der Waals surface area contributed by atoms with Crippen LogP contribution in [0.15, 0.2) is 0 Å². The van der Waals surface area contributed by atoms with Crippen LogP contribution in [-0.2, 0) is 24.5 Å². The quantitative estimate of drug-likeness (QED) is 0.319. The molecule has 0 aromatic rings. The predicted octanol–water partition coefficient (Wildman–Crippen LogP) is -2.44. The fourth-order valence-corrected chi connectivity index (χ4v) is 0. The van der Waals surface area contributed by atoms with E-state index >= 15 is 0 Å². The van der Waals surface area contributed by atoms with Crippen molar-refractivity contribution in [2.24, 2.45) is 0 Å². The van der Waals surface area contributed by atoms with Gasteiger partial charge in [0, 0.05) is 17.1 Å². The topological polar surface area (TPSA) is 66.8 Å². The van der Waals surface area contributed by atoms with Gasteiger partial charge in [0.2, 0.25) is 0 Å². The Labute approximate surface area is 84.8 Å². The largest absolute Gasteiger partial charge is 1.00 e. The van der Waals surface area contributed by atoms with E-state index < -0.39 is 7.82 Å². The number of halogens is 1. The van der Waals surface area contributed by atoms with E-state index in [1.807, 2.05) is 0 Å². The molecule has 48 valence electrons. The van der Waals surface area contributed by atoms with Crippen molar-refractivity contribution < 1.29 is 54.6 Å². The van der Waals surface area contributed by atoms with Gasteiger partial charge in [0.25, 0.3) is 0 Å². The van der Waals surface area contributed by atoms with Gasteiger partial charge in [0.1, 0.15) is 23.0 Å². The van der Waals surface area contributed by atoms with Gasteiger partial charge in [-0.05, 0) is 0 Å². The second-order valence-electron chi connectivity index (χ2n) is 0.560. The molecule has 2 N–H and O–H groups in total. The van der Waals surface area contributed by atoms with Crippen LogP contribution in [0, 0.1) is 0 Å². The molecular formula is H3FeILiO4P. The summed E-state index contributed by atoms with van der Waals surface area (Å²) in [4.78, 5) is 15.4. The summed E-state index contributed by atoms with van der Waals surface area (Å²) in [6, 6.07) is 0. The number of hydrogen-bond acceptors (Lipinski definition) is 2. The fraction of sp³-hybridized carbons (Fsp3) is 0. The van der Waals surface area contributed by atoms with Crippen LogP contribution in [-0.4, -0.2) is 9.79 Å². The average Bonchev–Trinajstić information content (AvgIpc) is 1.35. The fourth-order valence-electron chi connectivity index (χ4n) is 0. The van der Waals surface area contributed by atoms with E-state index in [9.17, 15) is 4.57 Å². The minimum Gasteiger partial charge on any atom is -1.00 e. The summed E-state index contributed by atoms with van der Waals surface area (Å²) in [6.07, 6.45) is 0. The maximum atomic E-state index is 9.46. The third-order valence-electron chi connectivity index (χ3n) is 0.0899. The zero-order chi connectivity index (χ0) is 5.21. The monoisotopic (exact) mass is 288 g/mol. The maximum absolute atomic E-state index is 9.46. The van der Waals surface area contributed by atoms with E-state index in [2.05, 4.69) is 2.85 Å². The SMILES string of the molecule is O=P(O)(O)OI.[Fe].[H-].[Li+]. The molecule has 0 bridgehead atoms. The molecule has 0 aliphatic carbocycles. The smallest absolute Gasteiger partial charge is 1.00 e. The van der Waals surface area contributed by atoms with E-state index in [-0.39, 0.29) is 37.4 Å². The van der Waals surface area contributed by atoms with Gasteiger partial charge < -0.3 is 11.2 Å². The van der Waals surface area contributed by atoms with Crippen molar-refractivity contribution in [2.75, 3.05) is 0 Å². The Morgan fingerprint density at radius 3 is 1.75 bits per heavy atom. The van der Waals surface area contributed by atoms with Gasteiger partial charge in [-0.15, -0.1) is 0 Å². The summed E-state index contributed by atoms with van der Waals surface area (Å²) in [5, 5.41) is 0.